The molecule has 0 bridgehead atoms. The highest BCUT2D eigenvalue weighted by Gasteiger charge is 2.37. The van der Waals surface area contributed by atoms with Gasteiger partial charge in [0.05, 0.1) is 23.5 Å². The van der Waals surface area contributed by atoms with E-state index in [2.05, 4.69) is 32.0 Å². The molecular weight excluding hydrogens is 378 g/mol. The van der Waals surface area contributed by atoms with Gasteiger partial charge in [0.1, 0.15) is 0 Å². The van der Waals surface area contributed by atoms with Gasteiger partial charge in [-0.25, -0.2) is 0 Å². The van der Waals surface area contributed by atoms with Crippen LogP contribution in [-0.4, -0.2) is 44.6 Å². The third kappa shape index (κ3) is 3.82. The van der Waals surface area contributed by atoms with Crippen LogP contribution in [0, 0.1) is 17.4 Å². The van der Waals surface area contributed by atoms with Gasteiger partial charge in [0.25, 0.3) is 5.91 Å². The lowest BCUT2D eigenvalue weighted by atomic mass is 10.0. The molecule has 3 atom stereocenters. The lowest BCUT2D eigenvalue weighted by molar-refractivity contribution is 0.0918. The first-order valence-corrected chi connectivity index (χ1v) is 9.86. The van der Waals surface area contributed by atoms with E-state index in [1.165, 1.54) is 0 Å². The number of rotatable bonds is 5. The summed E-state index contributed by atoms with van der Waals surface area (Å²) in [6.07, 6.45) is 5.62. The number of para-hydroxylation sites is 1. The van der Waals surface area contributed by atoms with E-state index in [-0.39, 0.29) is 23.9 Å². The number of H-pyrrole nitrogens is 1. The Hall–Kier alpha value is -3.86. The highest BCUT2D eigenvalue weighted by molar-refractivity contribution is 5.94. The van der Waals surface area contributed by atoms with Crippen LogP contribution in [0.4, 0.5) is 11.4 Å². The fourth-order valence-corrected chi connectivity index (χ4v) is 3.85. The first-order chi connectivity index (χ1) is 14.6. The molecule has 3 N–H and O–H groups in total. The molecule has 2 unspecified atom stereocenters. The van der Waals surface area contributed by atoms with Gasteiger partial charge in [-0.1, -0.05) is 25.1 Å². The highest BCUT2D eigenvalue weighted by Crippen LogP contribution is 2.29. The molecule has 1 aliphatic rings. The fraction of sp³-hybridized carbons (Fsp3) is 0.273. The van der Waals surface area contributed by atoms with Crippen LogP contribution < -0.4 is 10.6 Å². The van der Waals surface area contributed by atoms with Crippen molar-refractivity contribution in [3.63, 3.8) is 0 Å². The molecule has 152 valence electrons. The van der Waals surface area contributed by atoms with E-state index < -0.39 is 0 Å². The third-order valence-corrected chi connectivity index (χ3v) is 5.51. The molecule has 8 nitrogen and oxygen atoms in total. The molecule has 4 rings (SSSR count). The van der Waals surface area contributed by atoms with Crippen molar-refractivity contribution in [3.05, 3.63) is 60.6 Å². The second-order valence-corrected chi connectivity index (χ2v) is 7.55. The number of aromatic amines is 1. The summed E-state index contributed by atoms with van der Waals surface area (Å²) in [6.45, 7) is 4.62. The summed E-state index contributed by atoms with van der Waals surface area (Å²) >= 11 is 0. The number of carbonyl (C=O) groups is 1. The number of nitriles is 1. The minimum absolute atomic E-state index is 0.0487. The van der Waals surface area contributed by atoms with Gasteiger partial charge < -0.3 is 15.5 Å². The Morgan fingerprint density at radius 1 is 1.27 bits per heavy atom. The SMILES string of the molecule is CC1CN(C#N)C(C)[C@@H]1NC(=O)c1cc(-c2cnccc2Nc2ccccc2)[nH]n1. The maximum absolute atomic E-state index is 12.8. The third-order valence-electron chi connectivity index (χ3n) is 5.51. The maximum Gasteiger partial charge on any atom is 0.272 e. The van der Waals surface area contributed by atoms with Gasteiger partial charge in [-0.3, -0.25) is 14.9 Å². The minimum Gasteiger partial charge on any atom is -0.355 e. The average molecular weight is 401 g/mol. The number of pyridine rings is 1. The number of hydrogen-bond acceptors (Lipinski definition) is 6. The van der Waals surface area contributed by atoms with Crippen molar-refractivity contribution >= 4 is 17.3 Å². The molecule has 1 saturated heterocycles. The molecule has 0 spiro atoms. The summed E-state index contributed by atoms with van der Waals surface area (Å²) in [7, 11) is 0. The zero-order chi connectivity index (χ0) is 21.1. The molecule has 30 heavy (non-hydrogen) atoms. The number of amides is 1. The Balaban J connectivity index is 1.52. The van der Waals surface area contributed by atoms with Gasteiger partial charge in [0.2, 0.25) is 0 Å². The first-order valence-electron chi connectivity index (χ1n) is 9.86. The fourth-order valence-electron chi connectivity index (χ4n) is 3.85. The van der Waals surface area contributed by atoms with E-state index in [9.17, 15) is 10.1 Å². The van der Waals surface area contributed by atoms with E-state index in [0.717, 1.165) is 16.9 Å². The van der Waals surface area contributed by atoms with E-state index in [4.69, 9.17) is 0 Å². The van der Waals surface area contributed by atoms with Crippen LogP contribution in [0.1, 0.15) is 24.3 Å². The van der Waals surface area contributed by atoms with Crippen molar-refractivity contribution < 1.29 is 4.79 Å². The Labute approximate surface area is 174 Å². The molecular formula is C22H23N7O. The molecule has 1 aromatic carbocycles. The Morgan fingerprint density at radius 2 is 2.07 bits per heavy atom. The van der Waals surface area contributed by atoms with E-state index in [1.54, 1.807) is 23.4 Å². The predicted molar refractivity (Wildman–Crippen MR) is 114 cm³/mol. The molecule has 1 amide bonds. The summed E-state index contributed by atoms with van der Waals surface area (Å²) in [5.41, 5.74) is 3.61. The molecule has 1 fully saturated rings. The van der Waals surface area contributed by atoms with Crippen molar-refractivity contribution in [1.82, 2.24) is 25.4 Å². The minimum atomic E-state index is -0.262. The zero-order valence-electron chi connectivity index (χ0n) is 16.8. The lowest BCUT2D eigenvalue weighted by Gasteiger charge is -2.21. The van der Waals surface area contributed by atoms with E-state index in [0.29, 0.717) is 17.9 Å². The van der Waals surface area contributed by atoms with Crippen LogP contribution in [-0.2, 0) is 0 Å². The number of anilines is 2. The average Bonchev–Trinajstić information content (AvgIpc) is 3.35. The molecule has 2 aromatic heterocycles. The van der Waals surface area contributed by atoms with Crippen LogP contribution in [0.2, 0.25) is 0 Å². The summed E-state index contributed by atoms with van der Waals surface area (Å²) in [4.78, 5) is 18.7. The maximum atomic E-state index is 12.8. The van der Waals surface area contributed by atoms with E-state index in [1.807, 2.05) is 50.2 Å². The predicted octanol–water partition coefficient (Wildman–Crippen LogP) is 3.13. The number of hydrogen-bond donors (Lipinski definition) is 3. The summed E-state index contributed by atoms with van der Waals surface area (Å²) in [5.74, 6) is -0.0792. The summed E-state index contributed by atoms with van der Waals surface area (Å²) in [6, 6.07) is 13.3. The highest BCUT2D eigenvalue weighted by atomic mass is 16.2. The number of likely N-dealkylation sites (tertiary alicyclic amines) is 1. The normalized spacial score (nSPS) is 20.6. The Morgan fingerprint density at radius 3 is 2.80 bits per heavy atom. The standard InChI is InChI=1S/C22H23N7O/c1-14-12-29(13-23)15(2)21(14)26-22(30)20-10-19(27-28-20)17-11-24-9-8-18(17)25-16-6-4-3-5-7-16/h3-11,14-15,21H,12H2,1-2H3,(H,24,25)(H,26,30)(H,27,28)/t14?,15?,21-/m1/s1. The number of aromatic nitrogens is 3. The Kier molecular flexibility index (Phi) is 5.35. The van der Waals surface area contributed by atoms with Crippen LogP contribution >= 0.6 is 0 Å². The van der Waals surface area contributed by atoms with Crippen molar-refractivity contribution in [2.24, 2.45) is 5.92 Å². The van der Waals surface area contributed by atoms with Gasteiger partial charge in [0.15, 0.2) is 11.9 Å². The Bertz CT molecular complexity index is 1070. The smallest absolute Gasteiger partial charge is 0.272 e. The largest absolute Gasteiger partial charge is 0.355 e. The molecule has 0 radical (unpaired) electrons. The van der Waals surface area contributed by atoms with E-state index >= 15 is 0 Å². The second-order valence-electron chi connectivity index (χ2n) is 7.55. The summed E-state index contributed by atoms with van der Waals surface area (Å²) in [5, 5.41) is 22.8. The number of nitrogens with one attached hydrogen (secondary N) is 3. The molecule has 3 heterocycles. The lowest BCUT2D eigenvalue weighted by Crippen LogP contribution is -2.44. The van der Waals surface area contributed by atoms with Crippen LogP contribution in [0.15, 0.2) is 54.9 Å². The number of nitrogens with zero attached hydrogens (tertiary/aromatic N) is 4. The van der Waals surface area contributed by atoms with Crippen LogP contribution in [0.3, 0.4) is 0 Å². The van der Waals surface area contributed by atoms with Crippen molar-refractivity contribution in [2.75, 3.05) is 11.9 Å². The van der Waals surface area contributed by atoms with Gasteiger partial charge in [-0.15, -0.1) is 0 Å². The molecule has 8 heteroatoms. The molecule has 1 aliphatic heterocycles. The summed E-state index contributed by atoms with van der Waals surface area (Å²) < 4.78 is 0. The van der Waals surface area contributed by atoms with Crippen LogP contribution in [0.5, 0.6) is 0 Å². The van der Waals surface area contributed by atoms with Crippen molar-refractivity contribution in [3.8, 4) is 17.5 Å². The molecule has 0 saturated carbocycles. The number of carbonyl (C=O) groups excluding carboxylic acids is 1. The van der Waals surface area contributed by atoms with Crippen LogP contribution in [0.25, 0.3) is 11.3 Å². The quantitative estimate of drug-likeness (QED) is 0.567. The molecule has 3 aromatic rings. The van der Waals surface area contributed by atoms with Gasteiger partial charge >= 0.3 is 0 Å². The monoisotopic (exact) mass is 401 g/mol. The second kappa shape index (κ2) is 8.25. The number of benzene rings is 1. The first kappa shape index (κ1) is 19.5. The van der Waals surface area contributed by atoms with Crippen molar-refractivity contribution in [2.45, 2.75) is 25.9 Å². The van der Waals surface area contributed by atoms with Gasteiger partial charge in [-0.05, 0) is 37.1 Å². The molecule has 0 aliphatic carbocycles. The topological polar surface area (TPSA) is 110 Å². The van der Waals surface area contributed by atoms with Gasteiger partial charge in [-0.2, -0.15) is 10.4 Å². The van der Waals surface area contributed by atoms with Crippen molar-refractivity contribution in [1.29, 1.82) is 5.26 Å². The van der Waals surface area contributed by atoms with Gasteiger partial charge in [0, 0.05) is 30.2 Å². The zero-order valence-corrected chi connectivity index (χ0v) is 16.8.